The lowest BCUT2D eigenvalue weighted by Gasteiger charge is -2.31. The second-order valence-electron chi connectivity index (χ2n) is 8.02. The maximum absolute atomic E-state index is 13.5. The molecule has 29 heavy (non-hydrogen) atoms. The number of halogens is 3. The lowest BCUT2D eigenvalue weighted by Crippen LogP contribution is -2.38. The average molecular weight is 410 g/mol. The van der Waals surface area contributed by atoms with Crippen molar-refractivity contribution in [1.82, 2.24) is 24.5 Å². The number of nitrogens with one attached hydrogen (secondary N) is 1. The van der Waals surface area contributed by atoms with Crippen LogP contribution in [0.1, 0.15) is 62.6 Å². The van der Waals surface area contributed by atoms with Gasteiger partial charge in [-0.1, -0.05) is 0 Å². The minimum absolute atomic E-state index is 0.0689. The largest absolute Gasteiger partial charge is 0.410 e. The summed E-state index contributed by atoms with van der Waals surface area (Å²) in [6.45, 7) is 5.96. The third-order valence-corrected chi connectivity index (χ3v) is 5.87. The van der Waals surface area contributed by atoms with E-state index in [1.54, 1.807) is 35.7 Å². The predicted octanol–water partition coefficient (Wildman–Crippen LogP) is 3.62. The molecule has 1 fully saturated rings. The number of aromatic nitrogens is 4. The fraction of sp³-hybridized carbons (Fsp3) is 0.632. The Balaban J connectivity index is 1.62. The van der Waals surface area contributed by atoms with Crippen LogP contribution in [0.5, 0.6) is 0 Å². The van der Waals surface area contributed by atoms with Gasteiger partial charge in [-0.15, -0.1) is 0 Å². The Morgan fingerprint density at radius 3 is 2.79 bits per heavy atom. The number of rotatable bonds is 3. The molecule has 7 nitrogen and oxygen atoms in total. The van der Waals surface area contributed by atoms with E-state index < -0.39 is 18.3 Å². The molecule has 0 spiro atoms. The molecular weight excluding hydrogens is 385 g/mol. The van der Waals surface area contributed by atoms with Gasteiger partial charge in [-0.25, -0.2) is 4.68 Å². The normalized spacial score (nSPS) is 25.6. The minimum atomic E-state index is -4.37. The number of anilines is 1. The summed E-state index contributed by atoms with van der Waals surface area (Å²) in [6.07, 6.45) is -1.32. The molecule has 0 unspecified atom stereocenters. The monoisotopic (exact) mass is 410 g/mol. The third kappa shape index (κ3) is 3.49. The number of aryl methyl sites for hydroxylation is 1. The number of likely N-dealkylation sites (tertiary alicyclic amines) is 1. The summed E-state index contributed by atoms with van der Waals surface area (Å²) in [5.74, 6) is 0.260. The molecule has 0 aromatic carbocycles. The lowest BCUT2D eigenvalue weighted by atomic mass is 10.1. The van der Waals surface area contributed by atoms with Gasteiger partial charge in [-0.05, 0) is 46.1 Å². The van der Waals surface area contributed by atoms with Crippen molar-refractivity contribution < 1.29 is 18.0 Å². The molecule has 0 bridgehead atoms. The summed E-state index contributed by atoms with van der Waals surface area (Å²) >= 11 is 0. The first-order chi connectivity index (χ1) is 13.7. The Morgan fingerprint density at radius 1 is 1.38 bits per heavy atom. The van der Waals surface area contributed by atoms with Crippen molar-refractivity contribution in [1.29, 1.82) is 0 Å². The molecule has 10 heteroatoms. The summed E-state index contributed by atoms with van der Waals surface area (Å²) in [5.41, 5.74) is 1.39. The van der Waals surface area contributed by atoms with Gasteiger partial charge in [-0.3, -0.25) is 9.48 Å². The van der Waals surface area contributed by atoms with Gasteiger partial charge in [0, 0.05) is 30.5 Å². The molecule has 1 amide bonds. The van der Waals surface area contributed by atoms with Gasteiger partial charge in [-0.2, -0.15) is 23.4 Å². The number of hydrogen-bond donors (Lipinski definition) is 1. The highest BCUT2D eigenvalue weighted by Crippen LogP contribution is 2.41. The van der Waals surface area contributed by atoms with E-state index in [0.717, 1.165) is 16.8 Å². The number of hydrogen-bond acceptors (Lipinski definition) is 4. The van der Waals surface area contributed by atoms with Crippen molar-refractivity contribution in [3.8, 4) is 0 Å². The first kappa shape index (κ1) is 19.8. The van der Waals surface area contributed by atoms with Gasteiger partial charge in [0.1, 0.15) is 11.9 Å². The maximum Gasteiger partial charge on any atom is 0.410 e. The molecule has 2 aliphatic rings. The van der Waals surface area contributed by atoms with Crippen LogP contribution in [0.2, 0.25) is 0 Å². The van der Waals surface area contributed by atoms with Crippen LogP contribution in [-0.4, -0.2) is 49.1 Å². The standard InChI is InChI=1S/C19H25F3N6O/c1-11-9-16(19(20,21)22)28-17(24-11)10-14(25-28)15-5-4-8-26(15)18(29)13(3)27-12(2)6-7-23-27/h6-7,10-11,13,15-16,24H,4-5,8-9H2,1-3H3/t11-,13-,15-,16-/m1/s1. The van der Waals surface area contributed by atoms with Gasteiger partial charge >= 0.3 is 6.18 Å². The SMILES string of the molecule is Cc1ccnn1[C@H](C)C(=O)N1CCC[C@@H]1c1cc2n(n1)[C@@H](C(F)(F)F)C[C@@H](C)N2. The van der Waals surface area contributed by atoms with E-state index in [0.29, 0.717) is 24.5 Å². The van der Waals surface area contributed by atoms with E-state index in [2.05, 4.69) is 15.5 Å². The van der Waals surface area contributed by atoms with Crippen LogP contribution in [-0.2, 0) is 4.79 Å². The maximum atomic E-state index is 13.5. The van der Waals surface area contributed by atoms with E-state index in [1.807, 2.05) is 13.0 Å². The summed E-state index contributed by atoms with van der Waals surface area (Å²) in [6, 6.07) is 0.725. The molecule has 0 aliphatic carbocycles. The van der Waals surface area contributed by atoms with Crippen molar-refractivity contribution in [2.45, 2.75) is 70.4 Å². The average Bonchev–Trinajstić information content (AvgIpc) is 3.37. The van der Waals surface area contributed by atoms with Gasteiger partial charge in [0.2, 0.25) is 5.91 Å². The molecular formula is C19H25F3N6O. The van der Waals surface area contributed by atoms with E-state index in [-0.39, 0.29) is 24.4 Å². The molecule has 1 saturated heterocycles. The van der Waals surface area contributed by atoms with Crippen molar-refractivity contribution in [3.63, 3.8) is 0 Å². The smallest absolute Gasteiger partial charge is 0.368 e. The zero-order valence-electron chi connectivity index (χ0n) is 16.6. The molecule has 2 aromatic rings. The molecule has 4 rings (SSSR count). The van der Waals surface area contributed by atoms with Crippen LogP contribution in [0.15, 0.2) is 18.3 Å². The summed E-state index contributed by atoms with van der Waals surface area (Å²) < 4.78 is 43.3. The van der Waals surface area contributed by atoms with Crippen LogP contribution in [0.25, 0.3) is 0 Å². The molecule has 4 atom stereocenters. The van der Waals surface area contributed by atoms with E-state index >= 15 is 0 Å². The zero-order chi connectivity index (χ0) is 20.9. The topological polar surface area (TPSA) is 68.0 Å². The molecule has 4 heterocycles. The minimum Gasteiger partial charge on any atom is -0.368 e. The highest BCUT2D eigenvalue weighted by atomic mass is 19.4. The first-order valence-electron chi connectivity index (χ1n) is 9.90. The van der Waals surface area contributed by atoms with Gasteiger partial charge in [0.05, 0.1) is 11.7 Å². The highest BCUT2D eigenvalue weighted by Gasteiger charge is 2.46. The first-order valence-corrected chi connectivity index (χ1v) is 9.90. The van der Waals surface area contributed by atoms with Crippen molar-refractivity contribution in [2.24, 2.45) is 0 Å². The number of amides is 1. The van der Waals surface area contributed by atoms with Crippen LogP contribution in [0.3, 0.4) is 0 Å². The number of alkyl halides is 3. The Bertz CT molecular complexity index is 904. The number of carbonyl (C=O) groups is 1. The van der Waals surface area contributed by atoms with Crippen LogP contribution < -0.4 is 5.32 Å². The van der Waals surface area contributed by atoms with Crippen LogP contribution in [0, 0.1) is 6.92 Å². The van der Waals surface area contributed by atoms with Crippen molar-refractivity contribution in [3.05, 3.63) is 29.7 Å². The highest BCUT2D eigenvalue weighted by molar-refractivity contribution is 5.80. The molecule has 0 radical (unpaired) electrons. The third-order valence-electron chi connectivity index (χ3n) is 5.87. The van der Waals surface area contributed by atoms with E-state index in [9.17, 15) is 18.0 Å². The summed E-state index contributed by atoms with van der Waals surface area (Å²) in [5, 5.41) is 11.6. The molecule has 1 N–H and O–H groups in total. The Hall–Kier alpha value is -2.52. The Kier molecular flexibility index (Phi) is 4.82. The van der Waals surface area contributed by atoms with E-state index in [4.69, 9.17) is 0 Å². The molecule has 2 aromatic heterocycles. The van der Waals surface area contributed by atoms with Crippen LogP contribution >= 0.6 is 0 Å². The second kappa shape index (κ2) is 7.07. The van der Waals surface area contributed by atoms with Gasteiger partial charge in [0.15, 0.2) is 6.04 Å². The van der Waals surface area contributed by atoms with Gasteiger partial charge < -0.3 is 10.2 Å². The lowest BCUT2D eigenvalue weighted by molar-refractivity contribution is -0.173. The fourth-order valence-electron chi connectivity index (χ4n) is 4.41. The zero-order valence-corrected chi connectivity index (χ0v) is 16.6. The number of carbonyl (C=O) groups excluding carboxylic acids is 1. The number of nitrogens with zero attached hydrogens (tertiary/aromatic N) is 5. The predicted molar refractivity (Wildman–Crippen MR) is 100 cm³/mol. The van der Waals surface area contributed by atoms with Gasteiger partial charge in [0.25, 0.3) is 0 Å². The molecule has 158 valence electrons. The fourth-order valence-corrected chi connectivity index (χ4v) is 4.41. The summed E-state index contributed by atoms with van der Waals surface area (Å²) in [4.78, 5) is 14.9. The quantitative estimate of drug-likeness (QED) is 0.839. The van der Waals surface area contributed by atoms with E-state index in [1.165, 1.54) is 0 Å². The number of fused-ring (bicyclic) bond motifs is 1. The Labute approximate surface area is 166 Å². The van der Waals surface area contributed by atoms with Crippen molar-refractivity contribution >= 4 is 11.7 Å². The second-order valence-corrected chi connectivity index (χ2v) is 8.02. The molecule has 2 aliphatic heterocycles. The summed E-state index contributed by atoms with van der Waals surface area (Å²) in [7, 11) is 0. The Morgan fingerprint density at radius 2 is 2.14 bits per heavy atom. The molecule has 0 saturated carbocycles. The van der Waals surface area contributed by atoms with Crippen molar-refractivity contribution in [2.75, 3.05) is 11.9 Å². The van der Waals surface area contributed by atoms with Crippen LogP contribution in [0.4, 0.5) is 19.0 Å².